The van der Waals surface area contributed by atoms with E-state index in [9.17, 15) is 9.59 Å². The Balaban J connectivity index is 2.26. The van der Waals surface area contributed by atoms with Gasteiger partial charge >= 0.3 is 5.97 Å². The van der Waals surface area contributed by atoms with Crippen LogP contribution in [-0.2, 0) is 9.59 Å². The maximum Gasteiger partial charge on any atom is 0.303 e. The number of carbonyl (C=O) groups excluding carboxylic acids is 1. The van der Waals surface area contributed by atoms with Gasteiger partial charge in [0, 0.05) is 19.5 Å². The van der Waals surface area contributed by atoms with E-state index in [1.165, 1.54) is 0 Å². The molecule has 1 fully saturated rings. The number of hydrogen-bond donors (Lipinski definition) is 1. The van der Waals surface area contributed by atoms with Gasteiger partial charge in [-0.3, -0.25) is 9.59 Å². The molecule has 1 rings (SSSR count). The summed E-state index contributed by atoms with van der Waals surface area (Å²) in [7, 11) is 0. The first-order chi connectivity index (χ1) is 7.99. The molecule has 17 heavy (non-hydrogen) atoms. The monoisotopic (exact) mass is 259 g/mol. The van der Waals surface area contributed by atoms with Gasteiger partial charge in [0.2, 0.25) is 5.91 Å². The van der Waals surface area contributed by atoms with Crippen molar-refractivity contribution in [3.8, 4) is 0 Å². The Morgan fingerprint density at radius 3 is 2.41 bits per heavy atom. The highest BCUT2D eigenvalue weighted by Crippen LogP contribution is 2.21. The van der Waals surface area contributed by atoms with Gasteiger partial charge in [-0.25, -0.2) is 0 Å². The highest BCUT2D eigenvalue weighted by Gasteiger charge is 2.24. The maximum absolute atomic E-state index is 11.8. The Labute approximate surface area is 107 Å². The molecule has 98 valence electrons. The minimum atomic E-state index is -0.731. The minimum absolute atomic E-state index is 0.192. The van der Waals surface area contributed by atoms with Gasteiger partial charge in [0.15, 0.2) is 0 Å². The molecular weight excluding hydrogens is 238 g/mol. The largest absolute Gasteiger partial charge is 0.481 e. The van der Waals surface area contributed by atoms with Crippen molar-refractivity contribution in [1.29, 1.82) is 0 Å². The summed E-state index contributed by atoms with van der Waals surface area (Å²) in [4.78, 5) is 24.3. The van der Waals surface area contributed by atoms with Crippen LogP contribution in [-0.4, -0.2) is 46.0 Å². The second-order valence-electron chi connectivity index (χ2n) is 4.78. The van der Waals surface area contributed by atoms with Crippen LogP contribution in [0.3, 0.4) is 0 Å². The van der Waals surface area contributed by atoms with Crippen LogP contribution < -0.4 is 0 Å². The van der Waals surface area contributed by atoms with E-state index in [-0.39, 0.29) is 18.2 Å². The van der Waals surface area contributed by atoms with Crippen molar-refractivity contribution in [2.24, 2.45) is 5.92 Å². The summed E-state index contributed by atoms with van der Waals surface area (Å²) >= 11 is 1.66. The molecule has 0 aromatic heterocycles. The third-order valence-corrected chi connectivity index (χ3v) is 4.05. The molecule has 0 aromatic rings. The third-order valence-electron chi connectivity index (χ3n) is 2.97. The van der Waals surface area contributed by atoms with E-state index >= 15 is 0 Å². The van der Waals surface area contributed by atoms with E-state index in [1.807, 2.05) is 4.90 Å². The van der Waals surface area contributed by atoms with Gasteiger partial charge in [0.1, 0.15) is 0 Å². The smallest absolute Gasteiger partial charge is 0.303 e. The lowest BCUT2D eigenvalue weighted by molar-refractivity contribution is -0.138. The number of aliphatic carboxylic acids is 1. The van der Waals surface area contributed by atoms with Gasteiger partial charge in [0.25, 0.3) is 0 Å². The maximum atomic E-state index is 11.8. The zero-order valence-corrected chi connectivity index (χ0v) is 11.3. The van der Waals surface area contributed by atoms with Crippen LogP contribution in [0.2, 0.25) is 0 Å². The molecule has 0 aromatic carbocycles. The first-order valence-corrected chi connectivity index (χ1v) is 7.15. The number of hydrogen-bond acceptors (Lipinski definition) is 3. The van der Waals surface area contributed by atoms with Crippen LogP contribution in [0.4, 0.5) is 0 Å². The summed E-state index contributed by atoms with van der Waals surface area (Å²) in [6.07, 6.45) is 1.89. The van der Waals surface area contributed by atoms with Crippen LogP contribution in [0.25, 0.3) is 0 Å². The fourth-order valence-electron chi connectivity index (χ4n) is 1.96. The summed E-state index contributed by atoms with van der Waals surface area (Å²) in [5, 5.41) is 9.18. The number of likely N-dealkylation sites (tertiary alicyclic amines) is 1. The molecule has 1 amide bonds. The summed E-state index contributed by atoms with van der Waals surface area (Å²) < 4.78 is 0. The van der Waals surface area contributed by atoms with Crippen LogP contribution in [0, 0.1) is 5.92 Å². The van der Waals surface area contributed by atoms with E-state index in [1.54, 1.807) is 11.8 Å². The van der Waals surface area contributed by atoms with Gasteiger partial charge in [-0.1, -0.05) is 13.8 Å². The first-order valence-electron chi connectivity index (χ1n) is 6.10. The summed E-state index contributed by atoms with van der Waals surface area (Å²) in [5.41, 5.74) is 0. The molecule has 0 atom stereocenters. The molecule has 0 radical (unpaired) electrons. The van der Waals surface area contributed by atoms with Gasteiger partial charge < -0.3 is 10.0 Å². The van der Waals surface area contributed by atoms with E-state index in [0.717, 1.165) is 25.9 Å². The fourth-order valence-corrected chi connectivity index (χ4v) is 2.62. The van der Waals surface area contributed by atoms with Crippen molar-refractivity contribution in [3.63, 3.8) is 0 Å². The second kappa shape index (κ2) is 6.89. The Kier molecular flexibility index (Phi) is 5.82. The molecule has 5 heteroatoms. The van der Waals surface area contributed by atoms with Crippen molar-refractivity contribution in [2.45, 2.75) is 38.4 Å². The van der Waals surface area contributed by atoms with Crippen molar-refractivity contribution in [2.75, 3.05) is 18.8 Å². The van der Waals surface area contributed by atoms with Crippen molar-refractivity contribution in [1.82, 2.24) is 4.90 Å². The number of carboxylic acids is 1. The number of amides is 1. The molecule has 1 N–H and O–H groups in total. The quantitative estimate of drug-likeness (QED) is 0.818. The third kappa shape index (κ3) is 5.44. The van der Waals surface area contributed by atoms with Crippen LogP contribution in [0.15, 0.2) is 0 Å². The standard InChI is InChI=1S/C12H21NO3S/c1-9(2)17-8-11(14)13-5-3-10(4-6-13)7-12(15)16/h9-10H,3-8H2,1-2H3,(H,15,16). The molecule has 0 bridgehead atoms. The average Bonchev–Trinajstić information content (AvgIpc) is 2.26. The summed E-state index contributed by atoms with van der Waals surface area (Å²) in [6, 6.07) is 0. The molecule has 0 aliphatic carbocycles. The molecule has 0 saturated carbocycles. The van der Waals surface area contributed by atoms with Gasteiger partial charge in [-0.15, -0.1) is 11.8 Å². The number of thioether (sulfide) groups is 1. The lowest BCUT2D eigenvalue weighted by Gasteiger charge is -2.31. The molecule has 1 aliphatic heterocycles. The van der Waals surface area contributed by atoms with Crippen LogP contribution >= 0.6 is 11.8 Å². The second-order valence-corrected chi connectivity index (χ2v) is 6.35. The van der Waals surface area contributed by atoms with Gasteiger partial charge in [-0.05, 0) is 24.0 Å². The van der Waals surface area contributed by atoms with Crippen LogP contribution in [0.1, 0.15) is 33.1 Å². The predicted octanol–water partition coefficient (Wildman–Crippen LogP) is 1.84. The number of piperidine rings is 1. The Morgan fingerprint density at radius 2 is 1.94 bits per heavy atom. The number of nitrogens with zero attached hydrogens (tertiary/aromatic N) is 1. The van der Waals surface area contributed by atoms with Crippen LogP contribution in [0.5, 0.6) is 0 Å². The normalized spacial score (nSPS) is 17.5. The Hall–Kier alpha value is -0.710. The summed E-state index contributed by atoms with van der Waals surface area (Å²) in [6.45, 7) is 5.60. The SMILES string of the molecule is CC(C)SCC(=O)N1CCC(CC(=O)O)CC1. The molecule has 1 heterocycles. The molecule has 4 nitrogen and oxygen atoms in total. The Bertz CT molecular complexity index is 273. The number of rotatable bonds is 5. The Morgan fingerprint density at radius 1 is 1.35 bits per heavy atom. The van der Waals surface area contributed by atoms with E-state index in [4.69, 9.17) is 5.11 Å². The molecule has 1 saturated heterocycles. The topological polar surface area (TPSA) is 57.6 Å². The zero-order chi connectivity index (χ0) is 12.8. The lowest BCUT2D eigenvalue weighted by Crippen LogP contribution is -2.40. The average molecular weight is 259 g/mol. The molecule has 0 unspecified atom stereocenters. The van der Waals surface area contributed by atoms with E-state index in [0.29, 0.717) is 11.0 Å². The molecule has 1 aliphatic rings. The summed E-state index contributed by atoms with van der Waals surface area (Å²) in [5.74, 6) is 0.248. The highest BCUT2D eigenvalue weighted by atomic mass is 32.2. The van der Waals surface area contributed by atoms with E-state index in [2.05, 4.69) is 13.8 Å². The molecular formula is C12H21NO3S. The minimum Gasteiger partial charge on any atom is -0.481 e. The zero-order valence-electron chi connectivity index (χ0n) is 10.5. The molecule has 0 spiro atoms. The highest BCUT2D eigenvalue weighted by molar-refractivity contribution is 8.00. The van der Waals surface area contributed by atoms with Crippen molar-refractivity contribution in [3.05, 3.63) is 0 Å². The van der Waals surface area contributed by atoms with Crippen molar-refractivity contribution < 1.29 is 14.7 Å². The number of carboxylic acid groups (broad SMARTS) is 1. The fraction of sp³-hybridized carbons (Fsp3) is 0.833. The van der Waals surface area contributed by atoms with Gasteiger partial charge in [0.05, 0.1) is 5.75 Å². The van der Waals surface area contributed by atoms with E-state index < -0.39 is 5.97 Å². The first kappa shape index (κ1) is 14.4. The lowest BCUT2D eigenvalue weighted by atomic mass is 9.94. The predicted molar refractivity (Wildman–Crippen MR) is 69.2 cm³/mol. The number of carbonyl (C=O) groups is 2. The van der Waals surface area contributed by atoms with Crippen molar-refractivity contribution >= 4 is 23.6 Å². The van der Waals surface area contributed by atoms with Gasteiger partial charge in [-0.2, -0.15) is 0 Å².